The van der Waals surface area contributed by atoms with Crippen molar-refractivity contribution in [2.45, 2.75) is 51.7 Å². The van der Waals surface area contributed by atoms with E-state index in [1.165, 1.54) is 12.4 Å². The first-order valence-corrected chi connectivity index (χ1v) is 12.3. The van der Waals surface area contributed by atoms with Crippen LogP contribution >= 0.6 is 15.9 Å². The van der Waals surface area contributed by atoms with Crippen LogP contribution in [0.4, 0.5) is 0 Å². The van der Waals surface area contributed by atoms with E-state index in [0.717, 1.165) is 27.6 Å². The maximum absolute atomic E-state index is 13.2. The molecule has 1 fully saturated rings. The van der Waals surface area contributed by atoms with E-state index in [-0.39, 0.29) is 23.8 Å². The van der Waals surface area contributed by atoms with Gasteiger partial charge in [-0.05, 0) is 48.4 Å². The van der Waals surface area contributed by atoms with Crippen molar-refractivity contribution in [1.82, 2.24) is 10.2 Å². The van der Waals surface area contributed by atoms with Crippen molar-refractivity contribution in [3.8, 4) is 11.1 Å². The number of rotatable bonds is 8. The van der Waals surface area contributed by atoms with Crippen molar-refractivity contribution in [3.05, 3.63) is 58.6 Å². The highest BCUT2D eigenvalue weighted by atomic mass is 79.9. The largest absolute Gasteiger partial charge is 0.348 e. The van der Waals surface area contributed by atoms with E-state index >= 15 is 0 Å². The summed E-state index contributed by atoms with van der Waals surface area (Å²) in [6, 6.07) is 15.0. The Morgan fingerprint density at radius 2 is 1.82 bits per heavy atom. The zero-order valence-corrected chi connectivity index (χ0v) is 21.4. The van der Waals surface area contributed by atoms with Gasteiger partial charge >= 0.3 is 0 Å². The average Bonchev–Trinajstić information content (AvgIpc) is 3.32. The molecule has 8 heteroatoms. The summed E-state index contributed by atoms with van der Waals surface area (Å²) < 4.78 is 1.04. The molecule has 3 atom stereocenters. The molecule has 0 radical (unpaired) electrons. The second-order valence-corrected chi connectivity index (χ2v) is 9.66. The first-order valence-electron chi connectivity index (χ1n) is 11.5. The molecule has 0 spiro atoms. The molecule has 1 saturated heterocycles. The van der Waals surface area contributed by atoms with Gasteiger partial charge in [0.05, 0.1) is 12.3 Å². The second kappa shape index (κ2) is 11.9. The van der Waals surface area contributed by atoms with Gasteiger partial charge in [-0.25, -0.2) is 0 Å². The summed E-state index contributed by atoms with van der Waals surface area (Å²) in [5.41, 5.74) is 3.22. The van der Waals surface area contributed by atoms with E-state index in [2.05, 4.69) is 49.5 Å². The number of hydrogen-bond acceptors (Lipinski definition) is 5. The Morgan fingerprint density at radius 3 is 2.47 bits per heavy atom. The van der Waals surface area contributed by atoms with Gasteiger partial charge in [-0.3, -0.25) is 14.6 Å². The first-order chi connectivity index (χ1) is 16.3. The van der Waals surface area contributed by atoms with Gasteiger partial charge in [-0.1, -0.05) is 72.2 Å². The Hall–Kier alpha value is -3.00. The molecule has 2 aromatic carbocycles. The van der Waals surface area contributed by atoms with Crippen LogP contribution < -0.4 is 11.2 Å². The number of aliphatic imine (C=N–C) groups is 1. The second-order valence-electron chi connectivity index (χ2n) is 8.81. The summed E-state index contributed by atoms with van der Waals surface area (Å²) in [5, 5.41) is 6.49. The lowest BCUT2D eigenvalue weighted by molar-refractivity contribution is -0.140. The number of halogens is 1. The molecule has 2 amide bonds. The number of benzene rings is 2. The quantitative estimate of drug-likeness (QED) is 0.304. The number of carbonyl (C=O) groups is 2. The van der Waals surface area contributed by atoms with Crippen LogP contribution in [0, 0.1) is 5.92 Å². The molecule has 0 bridgehead atoms. The van der Waals surface area contributed by atoms with Gasteiger partial charge in [0.1, 0.15) is 12.1 Å². The fraction of sp³-hybridized carbons (Fsp3) is 0.385. The SMILES string of the molecule is CC(NC(=O)C1CCCN1C(=O)C(N=C/C=N\N)C(C)C)c1ccc(-c2ccccc2Br)cc1. The number of nitrogens with one attached hydrogen (secondary N) is 1. The Labute approximate surface area is 209 Å². The Morgan fingerprint density at radius 1 is 1.12 bits per heavy atom. The highest BCUT2D eigenvalue weighted by Crippen LogP contribution is 2.29. The number of amides is 2. The van der Waals surface area contributed by atoms with E-state index in [9.17, 15) is 9.59 Å². The van der Waals surface area contributed by atoms with Crippen molar-refractivity contribution in [1.29, 1.82) is 0 Å². The van der Waals surface area contributed by atoms with Crippen molar-refractivity contribution >= 4 is 40.2 Å². The predicted octanol–water partition coefficient (Wildman–Crippen LogP) is 4.32. The number of hydrogen-bond donors (Lipinski definition) is 2. The molecule has 2 aromatic rings. The molecule has 1 aliphatic heterocycles. The molecular weight excluding hydrogens is 494 g/mol. The summed E-state index contributed by atoms with van der Waals surface area (Å²) in [4.78, 5) is 32.3. The van der Waals surface area contributed by atoms with Gasteiger partial charge in [-0.2, -0.15) is 5.10 Å². The molecule has 180 valence electrons. The Bertz CT molecular complexity index is 1050. The molecule has 1 aliphatic rings. The van der Waals surface area contributed by atoms with E-state index in [4.69, 9.17) is 5.84 Å². The minimum atomic E-state index is -0.575. The number of hydrazone groups is 1. The van der Waals surface area contributed by atoms with Crippen LogP contribution in [0.25, 0.3) is 11.1 Å². The van der Waals surface area contributed by atoms with Crippen LogP contribution in [0.3, 0.4) is 0 Å². The van der Waals surface area contributed by atoms with E-state index in [1.807, 2.05) is 51.1 Å². The molecular formula is C26H32BrN5O2. The van der Waals surface area contributed by atoms with Gasteiger partial charge in [0.25, 0.3) is 0 Å². The smallest absolute Gasteiger partial charge is 0.248 e. The minimum Gasteiger partial charge on any atom is -0.348 e. The van der Waals surface area contributed by atoms with Crippen molar-refractivity contribution < 1.29 is 9.59 Å². The van der Waals surface area contributed by atoms with Crippen molar-refractivity contribution in [2.24, 2.45) is 21.9 Å². The summed E-state index contributed by atoms with van der Waals surface area (Å²) in [6.07, 6.45) is 4.22. The topological polar surface area (TPSA) is 100 Å². The van der Waals surface area contributed by atoms with Crippen LogP contribution in [0.5, 0.6) is 0 Å². The lowest BCUT2D eigenvalue weighted by atomic mass is 10.0. The molecule has 3 rings (SSSR count). The molecule has 0 aliphatic carbocycles. The third kappa shape index (κ3) is 6.11. The molecule has 7 nitrogen and oxygen atoms in total. The van der Waals surface area contributed by atoms with Crippen LogP contribution in [0.15, 0.2) is 63.1 Å². The third-order valence-corrected chi connectivity index (χ3v) is 6.77. The third-order valence-electron chi connectivity index (χ3n) is 6.08. The number of likely N-dealkylation sites (tertiary alicyclic amines) is 1. The monoisotopic (exact) mass is 525 g/mol. The van der Waals surface area contributed by atoms with E-state index in [0.29, 0.717) is 13.0 Å². The Balaban J connectivity index is 1.68. The number of nitrogens with two attached hydrogens (primary N) is 1. The molecule has 3 unspecified atom stereocenters. The minimum absolute atomic E-state index is 0.0127. The number of nitrogens with zero attached hydrogens (tertiary/aromatic N) is 3. The first kappa shape index (κ1) is 25.6. The lowest BCUT2D eigenvalue weighted by Gasteiger charge is -2.29. The summed E-state index contributed by atoms with van der Waals surface area (Å²) in [6.45, 7) is 6.38. The average molecular weight is 526 g/mol. The predicted molar refractivity (Wildman–Crippen MR) is 141 cm³/mol. The zero-order chi connectivity index (χ0) is 24.7. The fourth-order valence-electron chi connectivity index (χ4n) is 4.20. The van der Waals surface area contributed by atoms with Crippen LogP contribution in [0.2, 0.25) is 0 Å². The summed E-state index contributed by atoms with van der Waals surface area (Å²) in [7, 11) is 0. The van der Waals surface area contributed by atoms with E-state index < -0.39 is 12.1 Å². The molecule has 34 heavy (non-hydrogen) atoms. The molecule has 3 N–H and O–H groups in total. The normalized spacial score (nSPS) is 18.0. The maximum atomic E-state index is 13.2. The van der Waals surface area contributed by atoms with Crippen molar-refractivity contribution in [2.75, 3.05) is 6.54 Å². The van der Waals surface area contributed by atoms with Crippen molar-refractivity contribution in [3.63, 3.8) is 0 Å². The maximum Gasteiger partial charge on any atom is 0.248 e. The summed E-state index contributed by atoms with van der Waals surface area (Å²) >= 11 is 3.59. The van der Waals surface area contributed by atoms with Crippen LogP contribution in [0.1, 0.15) is 45.2 Å². The molecule has 0 saturated carbocycles. The van der Waals surface area contributed by atoms with Gasteiger partial charge in [-0.15, -0.1) is 0 Å². The fourth-order valence-corrected chi connectivity index (χ4v) is 4.72. The summed E-state index contributed by atoms with van der Waals surface area (Å²) in [5.74, 6) is 4.83. The van der Waals surface area contributed by atoms with Gasteiger partial charge in [0, 0.05) is 17.2 Å². The standard InChI is InChI=1S/C26H32BrN5O2/c1-17(2)24(29-14-15-30-28)26(34)32-16-6-9-23(32)25(33)31-18(3)19-10-12-20(13-11-19)21-7-4-5-8-22(21)27/h4-5,7-8,10-15,17-18,23-24H,6,9,16,28H2,1-3H3,(H,31,33)/b29-14?,30-15-. The highest BCUT2D eigenvalue weighted by molar-refractivity contribution is 9.10. The Kier molecular flexibility index (Phi) is 8.98. The number of carbonyl (C=O) groups excluding carboxylic acids is 2. The zero-order valence-electron chi connectivity index (χ0n) is 19.8. The van der Waals surface area contributed by atoms with Gasteiger partial charge < -0.3 is 16.1 Å². The highest BCUT2D eigenvalue weighted by Gasteiger charge is 2.38. The van der Waals surface area contributed by atoms with Gasteiger partial charge in [0.2, 0.25) is 11.8 Å². The van der Waals surface area contributed by atoms with Crippen LogP contribution in [-0.2, 0) is 9.59 Å². The van der Waals surface area contributed by atoms with E-state index in [1.54, 1.807) is 4.90 Å². The molecule has 1 heterocycles. The lowest BCUT2D eigenvalue weighted by Crippen LogP contribution is -2.50. The molecule has 0 aromatic heterocycles. The van der Waals surface area contributed by atoms with Crippen LogP contribution in [-0.4, -0.2) is 47.8 Å². The van der Waals surface area contributed by atoms with Gasteiger partial charge in [0.15, 0.2) is 0 Å².